The molecule has 116 valence electrons. The van der Waals surface area contributed by atoms with Gasteiger partial charge in [-0.05, 0) is 36.4 Å². The fourth-order valence-corrected chi connectivity index (χ4v) is 7.36. The number of ether oxygens (including phenoxy) is 1. The van der Waals surface area contributed by atoms with E-state index < -0.39 is 7.26 Å². The highest BCUT2D eigenvalue weighted by Gasteiger charge is 2.46. The van der Waals surface area contributed by atoms with Crippen molar-refractivity contribution in [3.05, 3.63) is 90.0 Å². The van der Waals surface area contributed by atoms with Crippen LogP contribution in [0.1, 0.15) is 0 Å². The summed E-state index contributed by atoms with van der Waals surface area (Å²) in [7, 11) is -0.184. The van der Waals surface area contributed by atoms with Crippen molar-refractivity contribution >= 4 is 34.8 Å². The topological polar surface area (TPSA) is 9.23 Å². The molecular formula is C20H19ClOP+. The molecule has 0 atom stereocenters. The highest BCUT2D eigenvalue weighted by molar-refractivity contribution is 7.95. The van der Waals surface area contributed by atoms with E-state index in [0.29, 0.717) is 6.35 Å². The monoisotopic (exact) mass is 341 g/mol. The molecular weight excluding hydrogens is 323 g/mol. The molecule has 3 heteroatoms. The second-order valence-electron chi connectivity index (χ2n) is 5.35. The van der Waals surface area contributed by atoms with Crippen molar-refractivity contribution in [1.29, 1.82) is 0 Å². The Bertz CT molecular complexity index is 719. The molecule has 0 aliphatic carbocycles. The third-order valence-electron chi connectivity index (χ3n) is 3.98. The highest BCUT2D eigenvalue weighted by Crippen LogP contribution is 2.56. The molecule has 0 unspecified atom stereocenters. The molecule has 0 saturated heterocycles. The summed E-state index contributed by atoms with van der Waals surface area (Å²) in [6.45, 7) is 0. The molecule has 0 bridgehead atoms. The van der Waals surface area contributed by atoms with Crippen LogP contribution < -0.4 is 15.9 Å². The summed E-state index contributed by atoms with van der Waals surface area (Å²) in [5.74, 6) is 0. The average molecular weight is 342 g/mol. The van der Waals surface area contributed by atoms with Gasteiger partial charge in [0, 0.05) is 7.11 Å². The van der Waals surface area contributed by atoms with E-state index in [1.54, 1.807) is 7.11 Å². The van der Waals surface area contributed by atoms with Crippen LogP contribution in [0.4, 0.5) is 0 Å². The molecule has 0 aliphatic rings. The molecule has 0 N–H and O–H groups in total. The third-order valence-corrected chi connectivity index (χ3v) is 8.66. The lowest BCUT2D eigenvalue weighted by atomic mass is 10.3. The highest BCUT2D eigenvalue weighted by atomic mass is 35.5. The summed E-state index contributed by atoms with van der Waals surface area (Å²) in [6, 6.07) is 29.3. The summed E-state index contributed by atoms with van der Waals surface area (Å²) in [5, 5.41) is 4.52. The molecule has 3 aromatic carbocycles. The molecule has 0 radical (unpaired) electrons. The molecule has 0 saturated carbocycles. The molecule has 0 amide bonds. The number of benzene rings is 3. The van der Waals surface area contributed by atoms with Crippen molar-refractivity contribution in [2.45, 2.75) is 0 Å². The van der Waals surface area contributed by atoms with E-state index in [1.165, 1.54) is 15.9 Å². The van der Waals surface area contributed by atoms with Gasteiger partial charge in [-0.1, -0.05) is 60.1 Å². The Kier molecular flexibility index (Phi) is 5.13. The molecule has 3 aromatic rings. The first-order valence-corrected chi connectivity index (χ1v) is 9.87. The molecule has 3 rings (SSSR count). The third kappa shape index (κ3) is 3.05. The van der Waals surface area contributed by atoms with E-state index in [-0.39, 0.29) is 0 Å². The van der Waals surface area contributed by atoms with Crippen molar-refractivity contribution in [1.82, 2.24) is 0 Å². The average Bonchev–Trinajstić information content (AvgIpc) is 2.62. The van der Waals surface area contributed by atoms with Crippen LogP contribution in [0.15, 0.2) is 84.9 Å². The van der Waals surface area contributed by atoms with E-state index in [9.17, 15) is 0 Å². The largest absolute Gasteiger partial charge is 0.348 e. The molecule has 0 spiro atoms. The lowest BCUT2D eigenvalue weighted by Crippen LogP contribution is -2.34. The summed E-state index contributed by atoms with van der Waals surface area (Å²) in [6.07, 6.45) is 0.630. The Morgan fingerprint density at radius 3 is 1.70 bits per heavy atom. The van der Waals surface area contributed by atoms with Gasteiger partial charge in [0.05, 0.1) is 5.02 Å². The molecule has 0 aromatic heterocycles. The van der Waals surface area contributed by atoms with E-state index in [2.05, 4.69) is 60.7 Å². The first-order chi connectivity index (χ1) is 11.3. The number of methoxy groups -OCH3 is 1. The molecule has 1 nitrogen and oxygen atoms in total. The standard InChI is InChI=1S/C20H19ClOP/c1-22-16-23(17-10-4-2-5-11-17,18-12-6-3-7-13-18)20-15-9-8-14-19(20)21/h2-15H,16H2,1H3/q+1. The number of halogens is 1. The zero-order valence-electron chi connectivity index (χ0n) is 13.0. The summed E-state index contributed by atoms with van der Waals surface area (Å²) in [5.41, 5.74) is 0. The van der Waals surface area contributed by atoms with Gasteiger partial charge in [-0.3, -0.25) is 0 Å². The maximum Gasteiger partial charge on any atom is 0.171 e. The second-order valence-corrected chi connectivity index (χ2v) is 9.15. The van der Waals surface area contributed by atoms with E-state index in [0.717, 1.165) is 5.02 Å². The van der Waals surface area contributed by atoms with E-state index in [1.807, 2.05) is 24.3 Å². The van der Waals surface area contributed by atoms with Gasteiger partial charge < -0.3 is 4.74 Å². The molecule has 0 aliphatic heterocycles. The van der Waals surface area contributed by atoms with Gasteiger partial charge in [-0.15, -0.1) is 0 Å². The maximum atomic E-state index is 6.62. The zero-order valence-corrected chi connectivity index (χ0v) is 14.7. The zero-order chi connectivity index (χ0) is 16.1. The lowest BCUT2D eigenvalue weighted by Gasteiger charge is -2.27. The summed E-state index contributed by atoms with van der Waals surface area (Å²) < 4.78 is 5.72. The predicted octanol–water partition coefficient (Wildman–Crippen LogP) is 4.24. The van der Waals surface area contributed by atoms with Crippen LogP contribution in [0.25, 0.3) is 0 Å². The Hall–Kier alpha value is -1.66. The van der Waals surface area contributed by atoms with Crippen LogP contribution >= 0.6 is 18.9 Å². The fourth-order valence-electron chi connectivity index (χ4n) is 2.97. The van der Waals surface area contributed by atoms with Gasteiger partial charge in [0.1, 0.15) is 23.2 Å². The Balaban J connectivity index is 2.34. The van der Waals surface area contributed by atoms with Crippen LogP contribution in [0.2, 0.25) is 5.02 Å². The van der Waals surface area contributed by atoms with E-state index >= 15 is 0 Å². The van der Waals surface area contributed by atoms with Crippen LogP contribution in [-0.4, -0.2) is 13.5 Å². The number of rotatable bonds is 5. The minimum absolute atomic E-state index is 0.630. The van der Waals surface area contributed by atoms with Crippen molar-refractivity contribution in [3.63, 3.8) is 0 Å². The quantitative estimate of drug-likeness (QED) is 0.631. The Morgan fingerprint density at radius 1 is 0.739 bits per heavy atom. The number of hydrogen-bond donors (Lipinski definition) is 0. The molecule has 0 fully saturated rings. The minimum Gasteiger partial charge on any atom is -0.348 e. The first kappa shape index (κ1) is 16.2. The Labute approximate surface area is 143 Å². The summed E-state index contributed by atoms with van der Waals surface area (Å²) in [4.78, 5) is 0. The van der Waals surface area contributed by atoms with Crippen LogP contribution in [0.5, 0.6) is 0 Å². The van der Waals surface area contributed by atoms with E-state index in [4.69, 9.17) is 16.3 Å². The van der Waals surface area contributed by atoms with Crippen molar-refractivity contribution < 1.29 is 4.74 Å². The normalized spacial score (nSPS) is 11.4. The van der Waals surface area contributed by atoms with Gasteiger partial charge in [-0.25, -0.2) is 0 Å². The first-order valence-electron chi connectivity index (χ1n) is 7.52. The van der Waals surface area contributed by atoms with Crippen molar-refractivity contribution in [2.75, 3.05) is 13.5 Å². The lowest BCUT2D eigenvalue weighted by molar-refractivity contribution is 0.255. The van der Waals surface area contributed by atoms with Gasteiger partial charge >= 0.3 is 0 Å². The minimum atomic E-state index is -1.95. The second kappa shape index (κ2) is 7.27. The van der Waals surface area contributed by atoms with Crippen LogP contribution in [-0.2, 0) is 4.74 Å². The van der Waals surface area contributed by atoms with Crippen LogP contribution in [0, 0.1) is 0 Å². The van der Waals surface area contributed by atoms with Crippen molar-refractivity contribution in [3.8, 4) is 0 Å². The SMILES string of the molecule is COC[P+](c1ccccc1)(c1ccccc1)c1ccccc1Cl. The van der Waals surface area contributed by atoms with Gasteiger partial charge in [0.15, 0.2) is 6.35 Å². The smallest absolute Gasteiger partial charge is 0.171 e. The summed E-state index contributed by atoms with van der Waals surface area (Å²) >= 11 is 6.62. The maximum absolute atomic E-state index is 6.62. The molecule has 0 heterocycles. The van der Waals surface area contributed by atoms with Gasteiger partial charge in [0.25, 0.3) is 0 Å². The molecule has 23 heavy (non-hydrogen) atoms. The van der Waals surface area contributed by atoms with Gasteiger partial charge in [0.2, 0.25) is 0 Å². The Morgan fingerprint density at radius 2 is 1.22 bits per heavy atom. The fraction of sp³-hybridized carbons (Fsp3) is 0.100. The van der Waals surface area contributed by atoms with Crippen LogP contribution in [0.3, 0.4) is 0 Å². The van der Waals surface area contributed by atoms with Crippen molar-refractivity contribution in [2.24, 2.45) is 0 Å². The van der Waals surface area contributed by atoms with Gasteiger partial charge in [-0.2, -0.15) is 0 Å². The number of hydrogen-bond acceptors (Lipinski definition) is 1. The predicted molar refractivity (Wildman–Crippen MR) is 102 cm³/mol.